The van der Waals surface area contributed by atoms with Gasteiger partial charge in [-0.3, -0.25) is 18.5 Å². The topological polar surface area (TPSA) is 111 Å². The quantitative estimate of drug-likeness (QED) is 0.596. The number of hydrogen-bond acceptors (Lipinski definition) is 6. The Kier molecular flexibility index (Phi) is 5.57. The molecule has 3 heterocycles. The van der Waals surface area contributed by atoms with Crippen molar-refractivity contribution in [2.45, 2.75) is 38.9 Å². The number of imidazole rings is 1. The number of hydrogen-bond donors (Lipinski definition) is 2. The molecule has 1 aliphatic rings. The van der Waals surface area contributed by atoms with Crippen molar-refractivity contribution in [3.8, 4) is 17.6 Å². The van der Waals surface area contributed by atoms with Crippen LogP contribution in [0.1, 0.15) is 25.3 Å². The van der Waals surface area contributed by atoms with Crippen molar-refractivity contribution in [1.82, 2.24) is 18.7 Å². The molecule has 0 saturated carbocycles. The number of nitrogens with two attached hydrogens (primary N) is 1. The second-order valence-electron chi connectivity index (χ2n) is 7.81. The van der Waals surface area contributed by atoms with Crippen molar-refractivity contribution in [3.05, 3.63) is 50.7 Å². The van der Waals surface area contributed by atoms with Gasteiger partial charge >= 0.3 is 5.69 Å². The first-order chi connectivity index (χ1) is 14.9. The first kappa shape index (κ1) is 20.8. The van der Waals surface area contributed by atoms with Gasteiger partial charge in [-0.25, -0.2) is 4.79 Å². The molecule has 0 bridgehead atoms. The van der Waals surface area contributed by atoms with E-state index in [0.717, 1.165) is 24.0 Å². The molecule has 0 unspecified atom stereocenters. The summed E-state index contributed by atoms with van der Waals surface area (Å²) in [6.07, 6.45) is 1.87. The molecular weight excluding hydrogens is 396 g/mol. The number of fused-ring (bicyclic) bond motifs is 1. The van der Waals surface area contributed by atoms with Gasteiger partial charge in [-0.15, -0.1) is 5.92 Å². The van der Waals surface area contributed by atoms with E-state index in [9.17, 15) is 14.7 Å². The summed E-state index contributed by atoms with van der Waals surface area (Å²) in [5.74, 6) is 6.51. The van der Waals surface area contributed by atoms with E-state index in [1.54, 1.807) is 36.7 Å². The normalized spacial score (nSPS) is 16.4. The van der Waals surface area contributed by atoms with Gasteiger partial charge in [0.05, 0.1) is 13.1 Å². The van der Waals surface area contributed by atoms with E-state index in [4.69, 9.17) is 5.73 Å². The minimum Gasteiger partial charge on any atom is -0.508 e. The summed E-state index contributed by atoms with van der Waals surface area (Å²) in [4.78, 5) is 33.2. The fourth-order valence-electron chi connectivity index (χ4n) is 4.06. The Morgan fingerprint density at radius 2 is 2.03 bits per heavy atom. The van der Waals surface area contributed by atoms with Gasteiger partial charge in [0, 0.05) is 31.7 Å². The van der Waals surface area contributed by atoms with E-state index in [1.165, 1.54) is 10.6 Å². The van der Waals surface area contributed by atoms with Crippen LogP contribution in [0.5, 0.6) is 5.75 Å². The lowest BCUT2D eigenvalue weighted by molar-refractivity contribution is 0.464. The van der Waals surface area contributed by atoms with Crippen molar-refractivity contribution >= 4 is 17.1 Å². The Hall–Kier alpha value is -3.51. The monoisotopic (exact) mass is 422 g/mol. The number of phenolic OH excluding ortho intramolecular Hbond substituents is 1. The highest BCUT2D eigenvalue weighted by atomic mass is 16.3. The lowest BCUT2D eigenvalue weighted by Crippen LogP contribution is -2.44. The largest absolute Gasteiger partial charge is 0.508 e. The number of nitrogens with zero attached hydrogens (tertiary/aromatic N) is 5. The molecule has 0 spiro atoms. The van der Waals surface area contributed by atoms with Crippen LogP contribution in [0, 0.1) is 11.8 Å². The highest BCUT2D eigenvalue weighted by molar-refractivity contribution is 5.75. The number of para-hydroxylation sites is 1. The lowest BCUT2D eigenvalue weighted by Gasteiger charge is -2.31. The summed E-state index contributed by atoms with van der Waals surface area (Å²) in [6.45, 7) is 3.38. The van der Waals surface area contributed by atoms with Gasteiger partial charge < -0.3 is 15.7 Å². The van der Waals surface area contributed by atoms with E-state index >= 15 is 0 Å². The summed E-state index contributed by atoms with van der Waals surface area (Å²) in [5.41, 5.74) is 6.33. The van der Waals surface area contributed by atoms with Crippen LogP contribution in [-0.2, 0) is 20.1 Å². The molecule has 1 aliphatic heterocycles. The van der Waals surface area contributed by atoms with E-state index < -0.39 is 11.2 Å². The zero-order valence-corrected chi connectivity index (χ0v) is 17.7. The average molecular weight is 422 g/mol. The smallest absolute Gasteiger partial charge is 0.332 e. The van der Waals surface area contributed by atoms with E-state index in [1.807, 2.05) is 0 Å². The number of phenols is 1. The van der Waals surface area contributed by atoms with Crippen molar-refractivity contribution in [1.29, 1.82) is 0 Å². The molecule has 1 saturated heterocycles. The molecule has 9 heteroatoms. The molecule has 162 valence electrons. The fraction of sp³-hybridized carbons (Fsp3) is 0.409. The first-order valence-electron chi connectivity index (χ1n) is 10.3. The Balaban J connectivity index is 1.94. The SMILES string of the molecule is CC#CCn1c(N2CCC[C@@H](N)C2)nc2c1c(=O)n(Cc1ccccc1O)c(=O)n2C. The average Bonchev–Trinajstić information content (AvgIpc) is 3.14. The minimum absolute atomic E-state index is 0.0285. The number of aryl methyl sites for hydroxylation is 1. The van der Waals surface area contributed by atoms with Crippen LogP contribution in [0.3, 0.4) is 0 Å². The predicted octanol–water partition coefficient (Wildman–Crippen LogP) is 0.601. The predicted molar refractivity (Wildman–Crippen MR) is 119 cm³/mol. The third-order valence-electron chi connectivity index (χ3n) is 5.69. The number of anilines is 1. The lowest BCUT2D eigenvalue weighted by atomic mass is 10.1. The van der Waals surface area contributed by atoms with Gasteiger partial charge in [0.1, 0.15) is 5.75 Å². The molecular formula is C22H26N6O3. The Morgan fingerprint density at radius 3 is 2.74 bits per heavy atom. The second-order valence-corrected chi connectivity index (χ2v) is 7.81. The van der Waals surface area contributed by atoms with Gasteiger partial charge in [0.2, 0.25) is 5.95 Å². The summed E-state index contributed by atoms with van der Waals surface area (Å²) < 4.78 is 4.27. The second kappa shape index (κ2) is 8.32. The van der Waals surface area contributed by atoms with Crippen LogP contribution < -0.4 is 21.9 Å². The summed E-state index contributed by atoms with van der Waals surface area (Å²) in [5, 5.41) is 10.1. The maximum absolute atomic E-state index is 13.5. The Labute approximate surface area is 179 Å². The van der Waals surface area contributed by atoms with Crippen LogP contribution in [0.2, 0.25) is 0 Å². The molecule has 2 aromatic heterocycles. The molecule has 31 heavy (non-hydrogen) atoms. The maximum atomic E-state index is 13.5. The number of aromatic hydroxyl groups is 1. The highest BCUT2D eigenvalue weighted by Gasteiger charge is 2.26. The summed E-state index contributed by atoms with van der Waals surface area (Å²) in [7, 11) is 1.60. The molecule has 0 radical (unpaired) electrons. The zero-order valence-electron chi connectivity index (χ0n) is 17.7. The highest BCUT2D eigenvalue weighted by Crippen LogP contribution is 2.23. The molecule has 1 fully saturated rings. The number of rotatable bonds is 4. The van der Waals surface area contributed by atoms with Crippen molar-refractivity contribution in [2.24, 2.45) is 12.8 Å². The van der Waals surface area contributed by atoms with Crippen LogP contribution in [0.4, 0.5) is 5.95 Å². The molecule has 0 aliphatic carbocycles. The summed E-state index contributed by atoms with van der Waals surface area (Å²) >= 11 is 0. The van der Waals surface area contributed by atoms with Crippen LogP contribution in [0.25, 0.3) is 11.2 Å². The minimum atomic E-state index is -0.492. The maximum Gasteiger partial charge on any atom is 0.332 e. The first-order valence-corrected chi connectivity index (χ1v) is 10.3. The van der Waals surface area contributed by atoms with Gasteiger partial charge in [-0.2, -0.15) is 4.98 Å². The summed E-state index contributed by atoms with van der Waals surface area (Å²) in [6, 6.07) is 6.69. The van der Waals surface area contributed by atoms with Gasteiger partial charge in [-0.1, -0.05) is 24.1 Å². The van der Waals surface area contributed by atoms with Crippen molar-refractivity contribution < 1.29 is 5.11 Å². The number of aromatic nitrogens is 4. The Morgan fingerprint density at radius 1 is 1.26 bits per heavy atom. The van der Waals surface area contributed by atoms with E-state index in [-0.39, 0.29) is 24.9 Å². The van der Waals surface area contributed by atoms with E-state index in [0.29, 0.717) is 29.2 Å². The third-order valence-corrected chi connectivity index (χ3v) is 5.69. The molecule has 4 rings (SSSR count). The number of benzene rings is 1. The molecule has 3 aromatic rings. The molecule has 1 atom stereocenters. The van der Waals surface area contributed by atoms with Crippen LogP contribution >= 0.6 is 0 Å². The molecule has 9 nitrogen and oxygen atoms in total. The fourth-order valence-corrected chi connectivity index (χ4v) is 4.06. The van der Waals surface area contributed by atoms with Crippen molar-refractivity contribution in [3.63, 3.8) is 0 Å². The zero-order chi connectivity index (χ0) is 22.1. The molecule has 1 aromatic carbocycles. The van der Waals surface area contributed by atoms with Crippen LogP contribution in [-0.4, -0.2) is 42.9 Å². The standard InChI is InChI=1S/C22H26N6O3/c1-3-4-12-27-18-19(24-21(27)26-11-7-9-16(23)14-26)25(2)22(31)28(20(18)30)13-15-8-5-6-10-17(15)29/h5-6,8,10,16,29H,7,9,11-14,23H2,1-2H3/t16-/m1/s1. The Bertz CT molecular complexity index is 1310. The van der Waals surface area contributed by atoms with Gasteiger partial charge in [-0.05, 0) is 25.8 Å². The van der Waals surface area contributed by atoms with Crippen molar-refractivity contribution in [2.75, 3.05) is 18.0 Å². The van der Waals surface area contributed by atoms with E-state index in [2.05, 4.69) is 21.7 Å². The van der Waals surface area contributed by atoms with Gasteiger partial charge in [0.15, 0.2) is 11.2 Å². The molecule has 3 N–H and O–H groups in total. The molecule has 0 amide bonds. The van der Waals surface area contributed by atoms with Crippen LogP contribution in [0.15, 0.2) is 33.9 Å². The number of piperidine rings is 1. The van der Waals surface area contributed by atoms with Gasteiger partial charge in [0.25, 0.3) is 5.56 Å². The third kappa shape index (κ3) is 3.70.